The van der Waals surface area contributed by atoms with Crippen LogP contribution >= 0.6 is 24.0 Å². The quantitative estimate of drug-likeness (QED) is 0.425. The minimum atomic E-state index is 0. The van der Waals surface area contributed by atoms with Crippen LogP contribution in [0, 0.1) is 0 Å². The SMILES string of the molecule is CCC(C)N(C)CCN=C(N)Nc1ccc2c(c1)CCC2.I. The van der Waals surface area contributed by atoms with E-state index in [9.17, 15) is 0 Å². The molecule has 1 aliphatic rings. The van der Waals surface area contributed by atoms with E-state index in [2.05, 4.69) is 54.3 Å². The number of halogens is 1. The molecule has 0 aromatic heterocycles. The highest BCUT2D eigenvalue weighted by Gasteiger charge is 2.11. The van der Waals surface area contributed by atoms with E-state index in [1.807, 2.05) is 0 Å². The van der Waals surface area contributed by atoms with Crippen molar-refractivity contribution in [1.29, 1.82) is 0 Å². The van der Waals surface area contributed by atoms with Gasteiger partial charge < -0.3 is 16.0 Å². The zero-order valence-electron chi connectivity index (χ0n) is 13.9. The van der Waals surface area contributed by atoms with Crippen LogP contribution in [0.3, 0.4) is 0 Å². The van der Waals surface area contributed by atoms with E-state index >= 15 is 0 Å². The van der Waals surface area contributed by atoms with Gasteiger partial charge in [0.25, 0.3) is 0 Å². The molecule has 4 nitrogen and oxygen atoms in total. The number of nitrogens with two attached hydrogens (primary N) is 1. The third kappa shape index (κ3) is 5.43. The molecule has 0 saturated carbocycles. The van der Waals surface area contributed by atoms with Gasteiger partial charge in [-0.3, -0.25) is 4.99 Å². The fourth-order valence-corrected chi connectivity index (χ4v) is 2.70. The number of nitrogens with one attached hydrogen (secondary N) is 1. The van der Waals surface area contributed by atoms with Gasteiger partial charge in [0, 0.05) is 18.3 Å². The number of aryl methyl sites for hydroxylation is 2. The molecule has 0 amide bonds. The van der Waals surface area contributed by atoms with Crippen LogP contribution in [0.25, 0.3) is 0 Å². The number of guanidine groups is 1. The van der Waals surface area contributed by atoms with Crippen molar-refractivity contribution in [2.75, 3.05) is 25.5 Å². The smallest absolute Gasteiger partial charge is 0.193 e. The molecular formula is C17H29IN4. The number of benzene rings is 1. The highest BCUT2D eigenvalue weighted by atomic mass is 127. The standard InChI is InChI=1S/C17H28N4.HI/c1-4-13(2)21(3)11-10-19-17(18)20-16-9-8-14-6-5-7-15(14)12-16;/h8-9,12-13H,4-7,10-11H2,1-3H3,(H3,18,19,20);1H. The van der Waals surface area contributed by atoms with Crippen molar-refractivity contribution in [2.45, 2.75) is 45.6 Å². The third-order valence-electron chi connectivity index (χ3n) is 4.45. The molecule has 22 heavy (non-hydrogen) atoms. The minimum absolute atomic E-state index is 0. The van der Waals surface area contributed by atoms with Crippen molar-refractivity contribution >= 4 is 35.6 Å². The van der Waals surface area contributed by atoms with Gasteiger partial charge in [0.2, 0.25) is 0 Å². The predicted molar refractivity (Wildman–Crippen MR) is 106 cm³/mol. The molecule has 0 bridgehead atoms. The van der Waals surface area contributed by atoms with E-state index in [-0.39, 0.29) is 24.0 Å². The number of anilines is 1. The van der Waals surface area contributed by atoms with E-state index in [4.69, 9.17) is 5.73 Å². The molecule has 1 aliphatic carbocycles. The van der Waals surface area contributed by atoms with Gasteiger partial charge in [-0.2, -0.15) is 0 Å². The molecule has 0 heterocycles. The Hall–Kier alpha value is -0.820. The number of fused-ring (bicyclic) bond motifs is 1. The van der Waals surface area contributed by atoms with Crippen molar-refractivity contribution in [2.24, 2.45) is 10.7 Å². The lowest BCUT2D eigenvalue weighted by atomic mass is 10.1. The molecule has 0 saturated heterocycles. The summed E-state index contributed by atoms with van der Waals surface area (Å²) in [6.45, 7) is 6.09. The van der Waals surface area contributed by atoms with Crippen LogP contribution in [0.2, 0.25) is 0 Å². The molecule has 1 atom stereocenters. The van der Waals surface area contributed by atoms with Gasteiger partial charge in [-0.1, -0.05) is 13.0 Å². The van der Waals surface area contributed by atoms with E-state index in [0.717, 1.165) is 25.2 Å². The molecule has 0 aliphatic heterocycles. The predicted octanol–water partition coefficient (Wildman–Crippen LogP) is 3.25. The molecule has 2 rings (SSSR count). The lowest BCUT2D eigenvalue weighted by Gasteiger charge is -2.22. The monoisotopic (exact) mass is 416 g/mol. The Morgan fingerprint density at radius 1 is 1.36 bits per heavy atom. The fourth-order valence-electron chi connectivity index (χ4n) is 2.70. The average Bonchev–Trinajstić information content (AvgIpc) is 2.93. The van der Waals surface area contributed by atoms with Gasteiger partial charge in [0.05, 0.1) is 6.54 Å². The number of nitrogens with zero attached hydrogens (tertiary/aromatic N) is 2. The van der Waals surface area contributed by atoms with Crippen molar-refractivity contribution in [3.63, 3.8) is 0 Å². The Morgan fingerprint density at radius 2 is 2.09 bits per heavy atom. The summed E-state index contributed by atoms with van der Waals surface area (Å²) in [5.74, 6) is 0.505. The maximum atomic E-state index is 5.97. The van der Waals surface area contributed by atoms with Gasteiger partial charge in [0.1, 0.15) is 0 Å². The number of likely N-dealkylation sites (N-methyl/N-ethyl adjacent to an activating group) is 1. The zero-order chi connectivity index (χ0) is 15.2. The Labute approximate surface area is 151 Å². The Balaban J connectivity index is 0.00000242. The van der Waals surface area contributed by atoms with Crippen molar-refractivity contribution in [1.82, 2.24) is 4.90 Å². The summed E-state index contributed by atoms with van der Waals surface area (Å²) in [7, 11) is 2.13. The van der Waals surface area contributed by atoms with E-state index in [1.165, 1.54) is 30.4 Å². The highest BCUT2D eigenvalue weighted by molar-refractivity contribution is 14.0. The zero-order valence-corrected chi connectivity index (χ0v) is 16.3. The summed E-state index contributed by atoms with van der Waals surface area (Å²) in [5.41, 5.74) is 9.94. The van der Waals surface area contributed by atoms with Crippen LogP contribution in [0.5, 0.6) is 0 Å². The Bertz CT molecular complexity index is 501. The van der Waals surface area contributed by atoms with E-state index in [0.29, 0.717) is 12.0 Å². The molecule has 0 spiro atoms. The molecule has 5 heteroatoms. The third-order valence-corrected chi connectivity index (χ3v) is 4.45. The second kappa shape index (κ2) is 9.35. The fraction of sp³-hybridized carbons (Fsp3) is 0.588. The number of rotatable bonds is 6. The summed E-state index contributed by atoms with van der Waals surface area (Å²) in [6.07, 6.45) is 4.82. The summed E-state index contributed by atoms with van der Waals surface area (Å²) in [5, 5.41) is 3.20. The van der Waals surface area contributed by atoms with Gasteiger partial charge in [0.15, 0.2) is 5.96 Å². The van der Waals surface area contributed by atoms with Crippen LogP contribution in [0.15, 0.2) is 23.2 Å². The first-order chi connectivity index (χ1) is 10.1. The van der Waals surface area contributed by atoms with Crippen molar-refractivity contribution < 1.29 is 0 Å². The maximum absolute atomic E-state index is 5.97. The van der Waals surface area contributed by atoms with Gasteiger partial charge in [-0.05, 0) is 62.9 Å². The van der Waals surface area contributed by atoms with Crippen LogP contribution in [-0.2, 0) is 12.8 Å². The highest BCUT2D eigenvalue weighted by Crippen LogP contribution is 2.24. The molecule has 1 unspecified atom stereocenters. The maximum Gasteiger partial charge on any atom is 0.193 e. The molecule has 3 N–H and O–H groups in total. The lowest BCUT2D eigenvalue weighted by Crippen LogP contribution is -2.31. The van der Waals surface area contributed by atoms with E-state index in [1.54, 1.807) is 0 Å². The first-order valence-corrected chi connectivity index (χ1v) is 7.99. The Morgan fingerprint density at radius 3 is 2.82 bits per heavy atom. The Kier molecular flexibility index (Phi) is 8.17. The second-order valence-corrected chi connectivity index (χ2v) is 5.97. The molecule has 124 valence electrons. The van der Waals surface area contributed by atoms with Crippen molar-refractivity contribution in [3.8, 4) is 0 Å². The molecule has 0 radical (unpaired) electrons. The second-order valence-electron chi connectivity index (χ2n) is 5.97. The summed E-state index contributed by atoms with van der Waals surface area (Å²) in [4.78, 5) is 6.72. The number of hydrogen-bond donors (Lipinski definition) is 2. The molecular weight excluding hydrogens is 387 g/mol. The van der Waals surface area contributed by atoms with Gasteiger partial charge in [-0.25, -0.2) is 0 Å². The van der Waals surface area contributed by atoms with Crippen molar-refractivity contribution in [3.05, 3.63) is 29.3 Å². The van der Waals surface area contributed by atoms with Crippen LogP contribution in [-0.4, -0.2) is 37.0 Å². The van der Waals surface area contributed by atoms with Crippen LogP contribution in [0.4, 0.5) is 5.69 Å². The van der Waals surface area contributed by atoms with E-state index < -0.39 is 0 Å². The van der Waals surface area contributed by atoms with Crippen LogP contribution in [0.1, 0.15) is 37.8 Å². The summed E-state index contributed by atoms with van der Waals surface area (Å²) >= 11 is 0. The molecule has 0 fully saturated rings. The first-order valence-electron chi connectivity index (χ1n) is 7.99. The minimum Gasteiger partial charge on any atom is -0.370 e. The van der Waals surface area contributed by atoms with Crippen LogP contribution < -0.4 is 11.1 Å². The molecule has 1 aromatic rings. The first kappa shape index (κ1) is 19.2. The summed E-state index contributed by atoms with van der Waals surface area (Å²) < 4.78 is 0. The topological polar surface area (TPSA) is 53.6 Å². The normalized spacial score (nSPS) is 15.4. The summed E-state index contributed by atoms with van der Waals surface area (Å²) in [6, 6.07) is 7.09. The van der Waals surface area contributed by atoms with Gasteiger partial charge in [-0.15, -0.1) is 24.0 Å². The number of aliphatic imine (C=N–C) groups is 1. The average molecular weight is 416 g/mol. The number of hydrogen-bond acceptors (Lipinski definition) is 2. The lowest BCUT2D eigenvalue weighted by molar-refractivity contribution is 0.259. The molecule has 1 aromatic carbocycles. The largest absolute Gasteiger partial charge is 0.370 e. The van der Waals surface area contributed by atoms with Gasteiger partial charge >= 0.3 is 0 Å².